The Hall–Kier alpha value is -0.580. The van der Waals surface area contributed by atoms with E-state index in [9.17, 15) is 0 Å². The summed E-state index contributed by atoms with van der Waals surface area (Å²) in [5.74, 6) is 1.96. The zero-order chi connectivity index (χ0) is 15.0. The first-order valence-electron chi connectivity index (χ1n) is 6.56. The third kappa shape index (κ3) is 2.74. The highest BCUT2D eigenvalue weighted by Gasteiger charge is 2.23. The average Bonchev–Trinajstić information content (AvgIpc) is 2.63. The maximum atomic E-state index is 5.78. The van der Waals surface area contributed by atoms with E-state index in [4.69, 9.17) is 4.42 Å². The van der Waals surface area contributed by atoms with Crippen LogP contribution in [0.1, 0.15) is 39.8 Å². The molecule has 0 radical (unpaired) electrons. The Bertz CT molecular complexity index is 646. The Labute approximate surface area is 137 Å². The highest BCUT2D eigenvalue weighted by atomic mass is 79.9. The van der Waals surface area contributed by atoms with E-state index >= 15 is 0 Å². The molecule has 2 aromatic rings. The van der Waals surface area contributed by atoms with Crippen molar-refractivity contribution in [3.8, 4) is 0 Å². The summed E-state index contributed by atoms with van der Waals surface area (Å²) in [5, 5.41) is 3.41. The van der Waals surface area contributed by atoms with Crippen LogP contribution < -0.4 is 5.32 Å². The summed E-state index contributed by atoms with van der Waals surface area (Å²) in [7, 11) is 1.98. The minimum atomic E-state index is 0.110. The molecule has 108 valence electrons. The molecule has 0 aliphatic heterocycles. The van der Waals surface area contributed by atoms with Crippen LogP contribution in [0.25, 0.3) is 0 Å². The Morgan fingerprint density at radius 1 is 1.00 bits per heavy atom. The van der Waals surface area contributed by atoms with Gasteiger partial charge < -0.3 is 9.73 Å². The fourth-order valence-electron chi connectivity index (χ4n) is 2.57. The molecule has 0 amide bonds. The van der Waals surface area contributed by atoms with Crippen LogP contribution in [0.2, 0.25) is 0 Å². The van der Waals surface area contributed by atoms with Gasteiger partial charge in [0, 0.05) is 14.5 Å². The number of furan rings is 1. The van der Waals surface area contributed by atoms with Gasteiger partial charge in [-0.05, 0) is 63.6 Å². The summed E-state index contributed by atoms with van der Waals surface area (Å²) in [6.45, 7) is 8.24. The van der Waals surface area contributed by atoms with Crippen LogP contribution in [0.3, 0.4) is 0 Å². The lowest BCUT2D eigenvalue weighted by atomic mass is 9.95. The normalized spacial score (nSPS) is 12.8. The molecule has 20 heavy (non-hydrogen) atoms. The van der Waals surface area contributed by atoms with Gasteiger partial charge in [0.05, 0.1) is 6.04 Å². The third-order valence-electron chi connectivity index (χ3n) is 3.78. The van der Waals surface area contributed by atoms with Gasteiger partial charge in [0.15, 0.2) is 0 Å². The van der Waals surface area contributed by atoms with Gasteiger partial charge in [0.25, 0.3) is 0 Å². The molecule has 0 spiro atoms. The summed E-state index contributed by atoms with van der Waals surface area (Å²) in [6.07, 6.45) is 0. The van der Waals surface area contributed by atoms with E-state index in [-0.39, 0.29) is 6.04 Å². The zero-order valence-electron chi connectivity index (χ0n) is 12.4. The lowest BCUT2D eigenvalue weighted by molar-refractivity contribution is 0.495. The number of rotatable bonds is 3. The lowest BCUT2D eigenvalue weighted by Crippen LogP contribution is -2.19. The van der Waals surface area contributed by atoms with Crippen molar-refractivity contribution in [3.05, 3.63) is 54.9 Å². The topological polar surface area (TPSA) is 25.2 Å². The van der Waals surface area contributed by atoms with Crippen molar-refractivity contribution >= 4 is 31.9 Å². The molecule has 1 aromatic heterocycles. The Morgan fingerprint density at radius 2 is 1.65 bits per heavy atom. The second kappa shape index (κ2) is 6.04. The summed E-state index contributed by atoms with van der Waals surface area (Å²) >= 11 is 7.30. The van der Waals surface area contributed by atoms with E-state index in [0.717, 1.165) is 20.5 Å². The van der Waals surface area contributed by atoms with Gasteiger partial charge in [-0.1, -0.05) is 31.9 Å². The third-order valence-corrected chi connectivity index (χ3v) is 5.32. The molecule has 0 fully saturated rings. The molecule has 0 saturated heterocycles. The summed E-state index contributed by atoms with van der Waals surface area (Å²) < 4.78 is 8.00. The molecule has 2 rings (SSSR count). The van der Waals surface area contributed by atoms with Crippen LogP contribution in [0, 0.1) is 27.7 Å². The second-order valence-electron chi connectivity index (χ2n) is 5.10. The van der Waals surface area contributed by atoms with E-state index in [1.807, 2.05) is 20.9 Å². The molecular weight excluding hydrogens is 382 g/mol. The van der Waals surface area contributed by atoms with Gasteiger partial charge in [-0.15, -0.1) is 0 Å². The maximum absolute atomic E-state index is 5.78. The highest BCUT2D eigenvalue weighted by Crippen LogP contribution is 2.36. The Balaban J connectivity index is 2.61. The molecule has 4 heteroatoms. The van der Waals surface area contributed by atoms with E-state index in [1.54, 1.807) is 0 Å². The molecule has 1 unspecified atom stereocenters. The van der Waals surface area contributed by atoms with Gasteiger partial charge in [0.1, 0.15) is 11.5 Å². The molecule has 1 aromatic carbocycles. The van der Waals surface area contributed by atoms with Crippen molar-refractivity contribution in [2.24, 2.45) is 0 Å². The minimum absolute atomic E-state index is 0.110. The number of hydrogen-bond donors (Lipinski definition) is 1. The number of hydrogen-bond acceptors (Lipinski definition) is 2. The minimum Gasteiger partial charge on any atom is -0.466 e. The van der Waals surface area contributed by atoms with Crippen LogP contribution in [0.5, 0.6) is 0 Å². The summed E-state index contributed by atoms with van der Waals surface area (Å²) in [5.41, 5.74) is 4.86. The first kappa shape index (κ1) is 15.8. The Kier molecular flexibility index (Phi) is 4.77. The quantitative estimate of drug-likeness (QED) is 0.751. The fraction of sp³-hybridized carbons (Fsp3) is 0.375. The highest BCUT2D eigenvalue weighted by molar-refractivity contribution is 9.11. The molecule has 1 atom stereocenters. The number of halogens is 2. The molecule has 0 aliphatic rings. The monoisotopic (exact) mass is 399 g/mol. The first-order valence-corrected chi connectivity index (χ1v) is 8.14. The van der Waals surface area contributed by atoms with Crippen LogP contribution >= 0.6 is 31.9 Å². The van der Waals surface area contributed by atoms with Gasteiger partial charge in [-0.3, -0.25) is 0 Å². The molecular formula is C16H19Br2NO. The first-order chi connectivity index (χ1) is 9.36. The van der Waals surface area contributed by atoms with Crippen LogP contribution in [0.15, 0.2) is 25.5 Å². The summed E-state index contributed by atoms with van der Waals surface area (Å²) in [6, 6.07) is 4.42. The van der Waals surface area contributed by atoms with E-state index in [1.165, 1.54) is 22.3 Å². The Morgan fingerprint density at radius 3 is 2.15 bits per heavy atom. The van der Waals surface area contributed by atoms with Crippen molar-refractivity contribution in [1.29, 1.82) is 0 Å². The molecule has 1 heterocycles. The van der Waals surface area contributed by atoms with E-state index in [0.29, 0.717) is 0 Å². The van der Waals surface area contributed by atoms with Gasteiger partial charge in [-0.2, -0.15) is 0 Å². The average molecular weight is 401 g/mol. The van der Waals surface area contributed by atoms with E-state index < -0.39 is 0 Å². The summed E-state index contributed by atoms with van der Waals surface area (Å²) in [4.78, 5) is 0. The maximum Gasteiger partial charge on any atom is 0.106 e. The van der Waals surface area contributed by atoms with Crippen molar-refractivity contribution < 1.29 is 4.42 Å². The van der Waals surface area contributed by atoms with Gasteiger partial charge >= 0.3 is 0 Å². The van der Waals surface area contributed by atoms with Crippen molar-refractivity contribution in [1.82, 2.24) is 5.32 Å². The largest absolute Gasteiger partial charge is 0.466 e. The number of nitrogens with one attached hydrogen (secondary N) is 1. The van der Waals surface area contributed by atoms with Gasteiger partial charge in [-0.25, -0.2) is 0 Å². The smallest absolute Gasteiger partial charge is 0.106 e. The van der Waals surface area contributed by atoms with E-state index in [2.05, 4.69) is 63.2 Å². The predicted octanol–water partition coefficient (Wildman–Crippen LogP) is 5.35. The SMILES string of the molecule is CNC(c1cc(Br)c(C)cc1Br)c1c(C)oc(C)c1C. The standard InChI is InChI=1S/C16H19Br2NO/c1-8-6-14(18)12(7-13(8)17)16(19-5)15-9(2)10(3)20-11(15)4/h6-7,16,19H,1-5H3. The van der Waals surface area contributed by atoms with Crippen molar-refractivity contribution in [2.75, 3.05) is 7.05 Å². The van der Waals surface area contributed by atoms with Crippen molar-refractivity contribution in [3.63, 3.8) is 0 Å². The van der Waals surface area contributed by atoms with Crippen LogP contribution in [-0.2, 0) is 0 Å². The zero-order valence-corrected chi connectivity index (χ0v) is 15.6. The molecule has 0 saturated carbocycles. The molecule has 1 N–H and O–H groups in total. The lowest BCUT2D eigenvalue weighted by Gasteiger charge is -2.20. The van der Waals surface area contributed by atoms with Crippen LogP contribution in [0.4, 0.5) is 0 Å². The molecule has 2 nitrogen and oxygen atoms in total. The predicted molar refractivity (Wildman–Crippen MR) is 90.4 cm³/mol. The fourth-order valence-corrected chi connectivity index (χ4v) is 3.62. The number of aryl methyl sites for hydroxylation is 3. The number of benzene rings is 1. The molecule has 0 aliphatic carbocycles. The van der Waals surface area contributed by atoms with Crippen molar-refractivity contribution in [2.45, 2.75) is 33.7 Å². The van der Waals surface area contributed by atoms with Crippen LogP contribution in [-0.4, -0.2) is 7.05 Å². The molecule has 0 bridgehead atoms. The second-order valence-corrected chi connectivity index (χ2v) is 6.81. The van der Waals surface area contributed by atoms with Gasteiger partial charge in [0.2, 0.25) is 0 Å².